The number of fused-ring (bicyclic) bond motifs is 1. The van der Waals surface area contributed by atoms with Crippen LogP contribution in [0.15, 0.2) is 49.2 Å². The van der Waals surface area contributed by atoms with Crippen molar-refractivity contribution in [3.63, 3.8) is 0 Å². The number of carbonyl (C=O) groups is 1. The number of esters is 1. The van der Waals surface area contributed by atoms with Crippen molar-refractivity contribution in [1.82, 2.24) is 9.66 Å². The smallest absolute Gasteiger partial charge is 0.347 e. The molecule has 0 aliphatic heterocycles. The lowest BCUT2D eigenvalue weighted by Gasteiger charge is -2.21. The molecule has 8 nitrogen and oxygen atoms in total. The number of carbonyl (C=O) groups excluding carboxylic acids is 1. The highest BCUT2D eigenvalue weighted by molar-refractivity contribution is 9.10. The molecule has 1 atom stereocenters. The van der Waals surface area contributed by atoms with Crippen LogP contribution in [0.2, 0.25) is 0 Å². The summed E-state index contributed by atoms with van der Waals surface area (Å²) in [6.07, 6.45) is 0.749. The lowest BCUT2D eigenvalue weighted by molar-refractivity contribution is -0.150. The molecule has 2 aromatic carbocycles. The fourth-order valence-electron chi connectivity index (χ4n) is 3.37. The van der Waals surface area contributed by atoms with E-state index in [1.165, 1.54) is 4.68 Å². The van der Waals surface area contributed by atoms with Crippen molar-refractivity contribution in [3.8, 4) is 11.5 Å². The molecule has 192 valence electrons. The first-order chi connectivity index (χ1) is 17.0. The van der Waals surface area contributed by atoms with E-state index in [0.717, 1.165) is 4.47 Å². The molecule has 0 saturated heterocycles. The van der Waals surface area contributed by atoms with E-state index in [1.54, 1.807) is 38.3 Å². The average molecular weight is 623 g/mol. The van der Waals surface area contributed by atoms with E-state index in [-0.39, 0.29) is 12.2 Å². The third-order valence-electron chi connectivity index (χ3n) is 5.08. The lowest BCUT2D eigenvalue weighted by atomic mass is 9.95. The van der Waals surface area contributed by atoms with E-state index in [9.17, 15) is 9.59 Å². The number of hydrogen-bond donors (Lipinski definition) is 0. The predicted octanol–water partition coefficient (Wildman–Crippen LogP) is 5.83. The van der Waals surface area contributed by atoms with Crippen LogP contribution in [0.1, 0.15) is 52.9 Å². The third kappa shape index (κ3) is 6.34. The van der Waals surface area contributed by atoms with Gasteiger partial charge in [-0.25, -0.2) is 9.78 Å². The Morgan fingerprint density at radius 1 is 1.14 bits per heavy atom. The maximum Gasteiger partial charge on any atom is 0.347 e. The summed E-state index contributed by atoms with van der Waals surface area (Å²) in [5.74, 6) is 0.877. The van der Waals surface area contributed by atoms with Crippen molar-refractivity contribution in [1.29, 1.82) is 0 Å². The van der Waals surface area contributed by atoms with Crippen molar-refractivity contribution < 1.29 is 19.0 Å². The molecular weight excluding hydrogens is 594 g/mol. The van der Waals surface area contributed by atoms with Gasteiger partial charge in [0.05, 0.1) is 30.3 Å². The van der Waals surface area contributed by atoms with Crippen LogP contribution in [-0.4, -0.2) is 41.2 Å². The van der Waals surface area contributed by atoms with Crippen molar-refractivity contribution >= 4 is 54.9 Å². The fraction of sp³-hybridized carbons (Fsp3) is 0.385. The van der Waals surface area contributed by atoms with Crippen LogP contribution in [0.25, 0.3) is 10.9 Å². The first-order valence-corrected chi connectivity index (χ1v) is 13.1. The normalized spacial score (nSPS) is 12.7. The molecule has 10 heteroatoms. The molecule has 0 unspecified atom stereocenters. The molecule has 0 fully saturated rings. The summed E-state index contributed by atoms with van der Waals surface area (Å²) in [4.78, 5) is 30.2. The largest absolute Gasteiger partial charge is 0.490 e. The van der Waals surface area contributed by atoms with Gasteiger partial charge in [-0.3, -0.25) is 4.79 Å². The van der Waals surface area contributed by atoms with Gasteiger partial charge in [0, 0.05) is 19.9 Å². The van der Waals surface area contributed by atoms with Crippen LogP contribution in [-0.2, 0) is 14.9 Å². The van der Waals surface area contributed by atoms with E-state index in [0.29, 0.717) is 44.9 Å². The summed E-state index contributed by atoms with van der Waals surface area (Å²) in [6, 6.07) is 8.84. The molecule has 0 spiro atoms. The average Bonchev–Trinajstić information content (AvgIpc) is 2.80. The number of rotatable bonds is 8. The maximum absolute atomic E-state index is 13.4. The van der Waals surface area contributed by atoms with Crippen LogP contribution in [0, 0.1) is 0 Å². The standard InChI is InChI=1S/C26H29Br2N3O5/c1-7-34-21-11-16(19(28)13-22(21)36-15(3)24(33)35-8-2)14-29-31-23(32)18-12-17(27)9-10-20(18)30-25(31)26(4,5)6/h9-15H,7-8H2,1-6H3/t15-/m0/s1. The first kappa shape index (κ1) is 27.9. The quantitative estimate of drug-likeness (QED) is 0.232. The number of benzene rings is 2. The maximum atomic E-state index is 13.4. The minimum atomic E-state index is -0.813. The Kier molecular flexibility index (Phi) is 8.94. The number of halogens is 2. The van der Waals surface area contributed by atoms with Gasteiger partial charge in [-0.05, 0) is 67.0 Å². The monoisotopic (exact) mass is 621 g/mol. The third-order valence-corrected chi connectivity index (χ3v) is 6.26. The van der Waals surface area contributed by atoms with Crippen LogP contribution in [0.5, 0.6) is 11.5 Å². The van der Waals surface area contributed by atoms with Crippen LogP contribution < -0.4 is 15.0 Å². The molecule has 0 saturated carbocycles. The van der Waals surface area contributed by atoms with E-state index >= 15 is 0 Å². The van der Waals surface area contributed by atoms with Gasteiger partial charge in [0.15, 0.2) is 17.6 Å². The Hall–Kier alpha value is -2.72. The Bertz CT molecular complexity index is 1360. The second-order valence-electron chi connectivity index (χ2n) is 8.97. The fourth-order valence-corrected chi connectivity index (χ4v) is 4.16. The zero-order valence-electron chi connectivity index (χ0n) is 21.1. The molecule has 0 radical (unpaired) electrons. The summed E-state index contributed by atoms with van der Waals surface area (Å²) < 4.78 is 19.3. The number of nitrogens with zero attached hydrogens (tertiary/aromatic N) is 3. The number of ether oxygens (including phenoxy) is 3. The van der Waals surface area contributed by atoms with E-state index in [4.69, 9.17) is 19.2 Å². The van der Waals surface area contributed by atoms with E-state index < -0.39 is 17.5 Å². The summed E-state index contributed by atoms with van der Waals surface area (Å²) >= 11 is 6.96. The zero-order chi connectivity index (χ0) is 26.6. The highest BCUT2D eigenvalue weighted by Gasteiger charge is 2.23. The van der Waals surface area contributed by atoms with Crippen molar-refractivity contribution in [2.24, 2.45) is 5.10 Å². The zero-order valence-corrected chi connectivity index (χ0v) is 24.3. The van der Waals surface area contributed by atoms with Crippen molar-refractivity contribution in [3.05, 3.63) is 61.0 Å². The molecule has 1 aromatic heterocycles. The first-order valence-electron chi connectivity index (χ1n) is 11.5. The Morgan fingerprint density at radius 3 is 2.50 bits per heavy atom. The van der Waals surface area contributed by atoms with Gasteiger partial charge >= 0.3 is 5.97 Å². The SMILES string of the molecule is CCOC(=O)[C@H](C)Oc1cc(Br)c(C=Nn2c(C(C)(C)C)nc3ccc(Br)cc3c2=O)cc1OCC. The molecule has 3 rings (SSSR count). The molecule has 0 bridgehead atoms. The van der Waals surface area contributed by atoms with Crippen molar-refractivity contribution in [2.45, 2.75) is 53.1 Å². The molecule has 3 aromatic rings. The summed E-state index contributed by atoms with van der Waals surface area (Å²) in [5.41, 5.74) is 0.547. The van der Waals surface area contributed by atoms with Crippen LogP contribution in [0.4, 0.5) is 0 Å². The Morgan fingerprint density at radius 2 is 1.86 bits per heavy atom. The minimum absolute atomic E-state index is 0.264. The van der Waals surface area contributed by atoms with Gasteiger partial charge in [0.1, 0.15) is 5.82 Å². The lowest BCUT2D eigenvalue weighted by Crippen LogP contribution is -2.29. The summed E-state index contributed by atoms with van der Waals surface area (Å²) in [6.45, 7) is 11.8. The van der Waals surface area contributed by atoms with Gasteiger partial charge in [0.25, 0.3) is 5.56 Å². The molecule has 0 aliphatic carbocycles. The van der Waals surface area contributed by atoms with Crippen molar-refractivity contribution in [2.75, 3.05) is 13.2 Å². The Labute approximate surface area is 226 Å². The molecule has 0 N–H and O–H groups in total. The molecule has 0 amide bonds. The van der Waals surface area contributed by atoms with Crippen LogP contribution >= 0.6 is 31.9 Å². The number of hydrogen-bond acceptors (Lipinski definition) is 7. The second-order valence-corrected chi connectivity index (χ2v) is 10.7. The predicted molar refractivity (Wildman–Crippen MR) is 147 cm³/mol. The number of aromatic nitrogens is 2. The van der Waals surface area contributed by atoms with Crippen LogP contribution in [0.3, 0.4) is 0 Å². The van der Waals surface area contributed by atoms with Gasteiger partial charge in [-0.2, -0.15) is 9.78 Å². The van der Waals surface area contributed by atoms with E-state index in [1.807, 2.05) is 39.8 Å². The second kappa shape index (κ2) is 11.6. The van der Waals surface area contributed by atoms with Gasteiger partial charge in [-0.15, -0.1) is 0 Å². The van der Waals surface area contributed by atoms with Gasteiger partial charge in [-0.1, -0.05) is 36.7 Å². The molecule has 0 aliphatic rings. The van der Waals surface area contributed by atoms with E-state index in [2.05, 4.69) is 37.0 Å². The molecule has 1 heterocycles. The Balaban J connectivity index is 2.08. The van der Waals surface area contributed by atoms with Gasteiger partial charge < -0.3 is 14.2 Å². The van der Waals surface area contributed by atoms with Gasteiger partial charge in [0.2, 0.25) is 0 Å². The summed E-state index contributed by atoms with van der Waals surface area (Å²) in [7, 11) is 0. The summed E-state index contributed by atoms with van der Waals surface area (Å²) in [5, 5.41) is 4.99. The minimum Gasteiger partial charge on any atom is -0.490 e. The highest BCUT2D eigenvalue weighted by atomic mass is 79.9. The molecule has 36 heavy (non-hydrogen) atoms. The highest BCUT2D eigenvalue weighted by Crippen LogP contribution is 2.34. The molecular formula is C26H29Br2N3O5. The topological polar surface area (TPSA) is 92.0 Å².